The van der Waals surface area contributed by atoms with Crippen molar-refractivity contribution in [1.82, 2.24) is 9.80 Å². The molecule has 1 aliphatic carbocycles. The van der Waals surface area contributed by atoms with E-state index in [2.05, 4.69) is 48.5 Å². The van der Waals surface area contributed by atoms with Crippen LogP contribution < -0.4 is 10.1 Å². The molecule has 0 saturated heterocycles. The van der Waals surface area contributed by atoms with Gasteiger partial charge >= 0.3 is 0 Å². The topological polar surface area (TPSA) is 91.3 Å². The number of carbonyl (C=O) groups is 2. The summed E-state index contributed by atoms with van der Waals surface area (Å²) in [4.78, 5) is 31.4. The largest absolute Gasteiger partial charge is 0.490 e. The van der Waals surface area contributed by atoms with Gasteiger partial charge in [-0.25, -0.2) is 0 Å². The minimum atomic E-state index is -0.411. The lowest BCUT2D eigenvalue weighted by Gasteiger charge is -2.36. The van der Waals surface area contributed by atoms with Crippen molar-refractivity contribution in [2.75, 3.05) is 38.7 Å². The number of nitrogens with one attached hydrogen (secondary N) is 1. The number of nitrogens with zero attached hydrogens (tertiary/aromatic N) is 2. The van der Waals surface area contributed by atoms with Gasteiger partial charge in [-0.2, -0.15) is 0 Å². The lowest BCUT2D eigenvalue weighted by molar-refractivity contribution is -0.120. The van der Waals surface area contributed by atoms with Crippen molar-refractivity contribution in [2.24, 2.45) is 11.8 Å². The monoisotopic (exact) mass is 607 g/mol. The molecule has 1 saturated carbocycles. The van der Waals surface area contributed by atoms with Crippen LogP contribution in [0.3, 0.4) is 0 Å². The maximum absolute atomic E-state index is 14.3. The van der Waals surface area contributed by atoms with Gasteiger partial charge in [-0.1, -0.05) is 56.5 Å². The minimum absolute atomic E-state index is 0.00610. The van der Waals surface area contributed by atoms with Gasteiger partial charge in [0.05, 0.1) is 30.4 Å². The molecule has 0 unspecified atom stereocenters. The van der Waals surface area contributed by atoms with Crippen molar-refractivity contribution in [1.29, 1.82) is 0 Å². The van der Waals surface area contributed by atoms with E-state index in [1.54, 1.807) is 11.0 Å². The molecule has 2 amide bonds. The van der Waals surface area contributed by atoms with Crippen molar-refractivity contribution < 1.29 is 24.2 Å². The van der Waals surface area contributed by atoms with Gasteiger partial charge in [-0.15, -0.1) is 0 Å². The number of aliphatic hydroxyl groups is 1. The van der Waals surface area contributed by atoms with E-state index in [-0.39, 0.29) is 42.5 Å². The van der Waals surface area contributed by atoms with Crippen LogP contribution in [0.25, 0.3) is 0 Å². The van der Waals surface area contributed by atoms with Gasteiger partial charge in [0.1, 0.15) is 5.75 Å². The number of ether oxygens (including phenoxy) is 2. The van der Waals surface area contributed by atoms with Crippen LogP contribution in [0, 0.1) is 11.8 Å². The Morgan fingerprint density at radius 1 is 1.05 bits per heavy atom. The summed E-state index contributed by atoms with van der Waals surface area (Å²) in [6.45, 7) is 8.43. The molecular weight excluding hydrogens is 554 g/mol. The molecule has 0 radical (unpaired) electrons. The lowest BCUT2D eigenvalue weighted by atomic mass is 9.88. The molecule has 4 atom stereocenters. The fourth-order valence-electron chi connectivity index (χ4n) is 6.34. The van der Waals surface area contributed by atoms with Gasteiger partial charge in [0.15, 0.2) is 0 Å². The molecule has 242 valence electrons. The summed E-state index contributed by atoms with van der Waals surface area (Å²) in [5, 5.41) is 13.3. The number of aliphatic hydroxyl groups excluding tert-OH is 1. The number of hydrogen-bond donors (Lipinski definition) is 2. The second-order valence-electron chi connectivity index (χ2n) is 13.0. The van der Waals surface area contributed by atoms with Gasteiger partial charge in [0, 0.05) is 43.8 Å². The molecule has 0 spiro atoms. The fourth-order valence-corrected chi connectivity index (χ4v) is 6.34. The number of fused-ring (bicyclic) bond motifs is 1. The zero-order valence-electron chi connectivity index (χ0n) is 27.2. The van der Waals surface area contributed by atoms with Crippen molar-refractivity contribution in [3.63, 3.8) is 0 Å². The molecule has 44 heavy (non-hydrogen) atoms. The molecule has 8 heteroatoms. The van der Waals surface area contributed by atoms with Crippen LogP contribution in [-0.2, 0) is 16.1 Å². The Bertz CT molecular complexity index is 1190. The van der Waals surface area contributed by atoms with Gasteiger partial charge in [0.2, 0.25) is 5.91 Å². The lowest BCUT2D eigenvalue weighted by Crippen LogP contribution is -2.47. The Hall–Kier alpha value is -2.94. The molecule has 1 aliphatic heterocycles. The molecule has 2 N–H and O–H groups in total. The quantitative estimate of drug-likeness (QED) is 0.375. The molecule has 8 nitrogen and oxygen atoms in total. The predicted octanol–water partition coefficient (Wildman–Crippen LogP) is 6.13. The summed E-state index contributed by atoms with van der Waals surface area (Å²) >= 11 is 0. The smallest absolute Gasteiger partial charge is 0.258 e. The van der Waals surface area contributed by atoms with E-state index in [4.69, 9.17) is 9.47 Å². The molecule has 0 aromatic heterocycles. The van der Waals surface area contributed by atoms with Gasteiger partial charge in [-0.05, 0) is 76.8 Å². The molecule has 2 aromatic carbocycles. The maximum Gasteiger partial charge on any atom is 0.258 e. The number of anilines is 1. The van der Waals surface area contributed by atoms with Gasteiger partial charge in [0.25, 0.3) is 5.91 Å². The van der Waals surface area contributed by atoms with Crippen molar-refractivity contribution in [2.45, 2.75) is 96.9 Å². The van der Waals surface area contributed by atoms with Crippen LogP contribution in [-0.4, -0.2) is 78.3 Å². The summed E-state index contributed by atoms with van der Waals surface area (Å²) in [6.07, 6.45) is 7.66. The number of hydrogen-bond acceptors (Lipinski definition) is 6. The minimum Gasteiger partial charge on any atom is -0.490 e. The van der Waals surface area contributed by atoms with E-state index in [9.17, 15) is 14.7 Å². The molecular formula is C36H53N3O5. The second-order valence-corrected chi connectivity index (χ2v) is 13.0. The van der Waals surface area contributed by atoms with Gasteiger partial charge < -0.3 is 24.8 Å². The SMILES string of the molecule is C[C@H](CO)N1C[C@H](C)[C@H](CN(C)Cc2ccccc2)OCCCC[C@H](C)Oc2ccc(NC(=O)C3CCCCC3)cc2C1=O. The first-order valence-electron chi connectivity index (χ1n) is 16.6. The van der Waals surface area contributed by atoms with Crippen LogP contribution in [0.4, 0.5) is 5.69 Å². The number of benzene rings is 2. The van der Waals surface area contributed by atoms with Crippen LogP contribution in [0.5, 0.6) is 5.75 Å². The van der Waals surface area contributed by atoms with Crippen molar-refractivity contribution >= 4 is 17.5 Å². The highest BCUT2D eigenvalue weighted by atomic mass is 16.5. The predicted molar refractivity (Wildman–Crippen MR) is 175 cm³/mol. The summed E-state index contributed by atoms with van der Waals surface area (Å²) in [5.74, 6) is 0.317. The van der Waals surface area contributed by atoms with E-state index >= 15 is 0 Å². The van der Waals surface area contributed by atoms with E-state index in [1.165, 1.54) is 12.0 Å². The number of amides is 2. The zero-order valence-corrected chi connectivity index (χ0v) is 27.2. The van der Waals surface area contributed by atoms with Crippen molar-refractivity contribution in [3.8, 4) is 5.75 Å². The maximum atomic E-state index is 14.3. The molecule has 2 aliphatic rings. The molecule has 0 bridgehead atoms. The average Bonchev–Trinajstić information content (AvgIpc) is 3.03. The van der Waals surface area contributed by atoms with E-state index in [0.717, 1.165) is 58.0 Å². The third-order valence-corrected chi connectivity index (χ3v) is 9.08. The number of rotatable bonds is 8. The van der Waals surface area contributed by atoms with Gasteiger partial charge in [-0.3, -0.25) is 14.5 Å². The summed E-state index contributed by atoms with van der Waals surface area (Å²) in [5.41, 5.74) is 2.24. The number of likely N-dealkylation sites (N-methyl/N-ethyl adjacent to an activating group) is 1. The standard InChI is InChI=1S/C36H53N3O5/c1-26-22-39(27(2)25-40)36(42)32-21-31(37-35(41)30-16-9-6-10-17-30)18-19-33(32)44-28(3)13-11-12-20-43-34(26)24-38(4)23-29-14-7-5-8-15-29/h5,7-8,14-15,18-19,21,26-28,30,34,40H,6,9-13,16-17,20,22-25H2,1-4H3,(H,37,41)/t26-,27+,28-,34-/m0/s1. The Balaban J connectivity index is 1.59. The van der Waals surface area contributed by atoms with E-state index in [1.807, 2.05) is 32.0 Å². The highest BCUT2D eigenvalue weighted by molar-refractivity contribution is 6.00. The Kier molecular flexibility index (Phi) is 13.1. The molecule has 1 fully saturated rings. The normalized spacial score (nSPS) is 23.4. The summed E-state index contributed by atoms with van der Waals surface area (Å²) in [6, 6.07) is 15.4. The first-order chi connectivity index (χ1) is 21.2. The first-order valence-corrected chi connectivity index (χ1v) is 16.6. The highest BCUT2D eigenvalue weighted by Crippen LogP contribution is 2.30. The van der Waals surface area contributed by atoms with Crippen LogP contribution in [0.15, 0.2) is 48.5 Å². The second kappa shape index (κ2) is 16.9. The number of carbonyl (C=O) groups excluding carboxylic acids is 2. The highest BCUT2D eigenvalue weighted by Gasteiger charge is 2.31. The summed E-state index contributed by atoms with van der Waals surface area (Å²) in [7, 11) is 2.10. The van der Waals surface area contributed by atoms with Crippen LogP contribution in [0.1, 0.15) is 88.1 Å². The molecule has 2 aromatic rings. The third-order valence-electron chi connectivity index (χ3n) is 9.08. The summed E-state index contributed by atoms with van der Waals surface area (Å²) < 4.78 is 12.8. The zero-order chi connectivity index (χ0) is 31.5. The van der Waals surface area contributed by atoms with Crippen molar-refractivity contribution in [3.05, 3.63) is 59.7 Å². The Morgan fingerprint density at radius 2 is 1.77 bits per heavy atom. The third kappa shape index (κ3) is 9.78. The van der Waals surface area contributed by atoms with E-state index < -0.39 is 6.04 Å². The molecule has 1 heterocycles. The Morgan fingerprint density at radius 3 is 2.50 bits per heavy atom. The van der Waals surface area contributed by atoms with Crippen LogP contribution >= 0.6 is 0 Å². The molecule has 4 rings (SSSR count). The Labute approximate surface area is 264 Å². The first kappa shape index (κ1) is 33.9. The average molecular weight is 608 g/mol. The fraction of sp³-hybridized carbons (Fsp3) is 0.611. The van der Waals surface area contributed by atoms with E-state index in [0.29, 0.717) is 30.2 Å². The van der Waals surface area contributed by atoms with Crippen LogP contribution in [0.2, 0.25) is 0 Å².